The molecule has 0 fully saturated rings. The van der Waals surface area contributed by atoms with Crippen LogP contribution in [0.5, 0.6) is 23.0 Å². The molecule has 0 unspecified atom stereocenters. The van der Waals surface area contributed by atoms with Crippen LogP contribution in [0.2, 0.25) is 0 Å². The molecule has 0 aliphatic carbocycles. The molecule has 0 bridgehead atoms. The molecule has 2 aromatic rings. The summed E-state index contributed by atoms with van der Waals surface area (Å²) in [6, 6.07) is 9.96. The van der Waals surface area contributed by atoms with Gasteiger partial charge >= 0.3 is 0 Å². The first-order valence-electron chi connectivity index (χ1n) is 9.15. The van der Waals surface area contributed by atoms with E-state index < -0.39 is 5.91 Å². The van der Waals surface area contributed by atoms with Crippen LogP contribution in [0.15, 0.2) is 41.5 Å². The van der Waals surface area contributed by atoms with E-state index in [4.69, 9.17) is 18.9 Å². The van der Waals surface area contributed by atoms with Gasteiger partial charge in [-0.15, -0.1) is 0 Å². The van der Waals surface area contributed by atoms with Gasteiger partial charge in [-0.1, -0.05) is 0 Å². The molecule has 160 valence electrons. The highest BCUT2D eigenvalue weighted by Crippen LogP contribution is 2.33. The Kier molecular flexibility index (Phi) is 8.49. The molecule has 2 rings (SSSR count). The van der Waals surface area contributed by atoms with Gasteiger partial charge in [0.1, 0.15) is 11.5 Å². The van der Waals surface area contributed by atoms with E-state index in [1.165, 1.54) is 27.5 Å². The van der Waals surface area contributed by atoms with Gasteiger partial charge in [0.25, 0.3) is 11.8 Å². The van der Waals surface area contributed by atoms with Crippen molar-refractivity contribution >= 4 is 18.0 Å². The molecule has 2 N–H and O–H groups in total. The number of nitrogens with one attached hydrogen (secondary N) is 2. The first-order chi connectivity index (χ1) is 14.5. The Morgan fingerprint density at radius 2 is 1.60 bits per heavy atom. The van der Waals surface area contributed by atoms with Crippen molar-refractivity contribution < 1.29 is 28.5 Å². The lowest BCUT2D eigenvalue weighted by atomic mass is 10.2. The van der Waals surface area contributed by atoms with Gasteiger partial charge in [-0.05, 0) is 37.3 Å². The van der Waals surface area contributed by atoms with Crippen molar-refractivity contribution in [3.05, 3.63) is 47.5 Å². The molecular formula is C21H25N3O6. The fraction of sp³-hybridized carbons (Fsp3) is 0.286. The van der Waals surface area contributed by atoms with Crippen molar-refractivity contribution in [3.63, 3.8) is 0 Å². The van der Waals surface area contributed by atoms with E-state index in [2.05, 4.69) is 15.8 Å². The average molecular weight is 415 g/mol. The predicted molar refractivity (Wildman–Crippen MR) is 112 cm³/mol. The van der Waals surface area contributed by atoms with Gasteiger partial charge in [0, 0.05) is 17.2 Å². The van der Waals surface area contributed by atoms with Crippen LogP contribution in [0.3, 0.4) is 0 Å². The summed E-state index contributed by atoms with van der Waals surface area (Å²) in [6.45, 7) is 2.19. The van der Waals surface area contributed by atoms with Crippen molar-refractivity contribution in [2.75, 3.05) is 34.5 Å². The molecule has 2 amide bonds. The van der Waals surface area contributed by atoms with Crippen LogP contribution in [0.4, 0.5) is 0 Å². The minimum Gasteiger partial charge on any atom is -0.496 e. The third-order valence-corrected chi connectivity index (χ3v) is 3.97. The molecule has 2 aromatic carbocycles. The number of methoxy groups -OCH3 is 3. The van der Waals surface area contributed by atoms with Crippen LogP contribution in [-0.4, -0.2) is 52.5 Å². The number of carbonyl (C=O) groups is 2. The molecule has 0 radical (unpaired) electrons. The fourth-order valence-corrected chi connectivity index (χ4v) is 2.50. The van der Waals surface area contributed by atoms with E-state index >= 15 is 0 Å². The molecule has 0 aliphatic rings. The van der Waals surface area contributed by atoms with Gasteiger partial charge in [-0.3, -0.25) is 9.59 Å². The SMILES string of the molecule is CCOc1ccc(C(=O)NCC(=O)N/N=C/c2cc(OC)c(OC)cc2OC)cc1. The van der Waals surface area contributed by atoms with Gasteiger partial charge in [0.2, 0.25) is 0 Å². The molecule has 0 saturated heterocycles. The fourth-order valence-electron chi connectivity index (χ4n) is 2.50. The minimum atomic E-state index is -0.482. The number of hydrazone groups is 1. The lowest BCUT2D eigenvalue weighted by Crippen LogP contribution is -2.34. The highest BCUT2D eigenvalue weighted by atomic mass is 16.5. The Balaban J connectivity index is 1.91. The van der Waals surface area contributed by atoms with Crippen LogP contribution in [0.25, 0.3) is 0 Å². The summed E-state index contributed by atoms with van der Waals surface area (Å²) in [5, 5.41) is 6.42. The lowest BCUT2D eigenvalue weighted by molar-refractivity contribution is -0.120. The first-order valence-corrected chi connectivity index (χ1v) is 9.15. The maximum atomic E-state index is 12.1. The van der Waals surface area contributed by atoms with Crippen LogP contribution < -0.4 is 29.7 Å². The second kappa shape index (κ2) is 11.3. The van der Waals surface area contributed by atoms with E-state index in [1.54, 1.807) is 36.4 Å². The molecule has 9 nitrogen and oxygen atoms in total. The summed E-state index contributed by atoms with van der Waals surface area (Å²) in [7, 11) is 4.54. The molecule has 0 aliphatic heterocycles. The molecule has 9 heteroatoms. The minimum absolute atomic E-state index is 0.230. The monoisotopic (exact) mass is 415 g/mol. The van der Waals surface area contributed by atoms with Gasteiger partial charge in [-0.25, -0.2) is 5.43 Å². The summed E-state index contributed by atoms with van der Waals surface area (Å²) < 4.78 is 21.1. The molecule has 0 aromatic heterocycles. The summed E-state index contributed by atoms with van der Waals surface area (Å²) >= 11 is 0. The molecule has 0 heterocycles. The highest BCUT2D eigenvalue weighted by Gasteiger charge is 2.11. The summed E-state index contributed by atoms with van der Waals surface area (Å²) in [4.78, 5) is 24.1. The first kappa shape index (κ1) is 22.5. The molecule has 0 saturated carbocycles. The van der Waals surface area contributed by atoms with E-state index in [0.717, 1.165) is 0 Å². The predicted octanol–water partition coefficient (Wildman–Crippen LogP) is 1.99. The van der Waals surface area contributed by atoms with Crippen molar-refractivity contribution in [2.45, 2.75) is 6.92 Å². The number of amides is 2. The lowest BCUT2D eigenvalue weighted by Gasteiger charge is -2.11. The van der Waals surface area contributed by atoms with Crippen LogP contribution in [0, 0.1) is 0 Å². The van der Waals surface area contributed by atoms with E-state index in [1.807, 2.05) is 6.92 Å². The van der Waals surface area contributed by atoms with Gasteiger partial charge < -0.3 is 24.3 Å². The third kappa shape index (κ3) is 6.13. The summed E-state index contributed by atoms with van der Waals surface area (Å²) in [6.07, 6.45) is 1.41. The van der Waals surface area contributed by atoms with Crippen LogP contribution in [-0.2, 0) is 4.79 Å². The number of ether oxygens (including phenoxy) is 4. The Bertz CT molecular complexity index is 896. The van der Waals surface area contributed by atoms with E-state index in [0.29, 0.717) is 40.7 Å². The number of nitrogens with zero attached hydrogens (tertiary/aromatic N) is 1. The standard InChI is InChI=1S/C21H25N3O6/c1-5-30-16-8-6-14(7-9-16)21(26)22-13-20(25)24-23-12-15-10-18(28-3)19(29-4)11-17(15)27-2/h6-12H,5,13H2,1-4H3,(H,22,26)(H,24,25)/b23-12+. The number of hydrogen-bond donors (Lipinski definition) is 2. The number of carbonyl (C=O) groups excluding carboxylic acids is 2. The zero-order valence-electron chi connectivity index (χ0n) is 17.4. The maximum absolute atomic E-state index is 12.1. The van der Waals surface area contributed by atoms with Gasteiger partial charge in [0.05, 0.1) is 40.7 Å². The quantitative estimate of drug-likeness (QED) is 0.454. The Hall–Kier alpha value is -3.75. The van der Waals surface area contributed by atoms with Crippen LogP contribution in [0.1, 0.15) is 22.8 Å². The maximum Gasteiger partial charge on any atom is 0.259 e. The van der Waals surface area contributed by atoms with Crippen molar-refractivity contribution in [2.24, 2.45) is 5.10 Å². The largest absolute Gasteiger partial charge is 0.496 e. The smallest absolute Gasteiger partial charge is 0.259 e. The topological polar surface area (TPSA) is 107 Å². The summed E-state index contributed by atoms with van der Waals surface area (Å²) in [5.74, 6) is 1.31. The normalized spacial score (nSPS) is 10.4. The Morgan fingerprint density at radius 3 is 2.20 bits per heavy atom. The second-order valence-electron chi connectivity index (χ2n) is 5.88. The molecule has 0 spiro atoms. The van der Waals surface area contributed by atoms with Gasteiger partial charge in [-0.2, -0.15) is 5.10 Å². The zero-order chi connectivity index (χ0) is 21.9. The van der Waals surface area contributed by atoms with Gasteiger partial charge in [0.15, 0.2) is 11.5 Å². The molecule has 0 atom stereocenters. The van der Waals surface area contributed by atoms with Crippen LogP contribution >= 0.6 is 0 Å². The summed E-state index contributed by atoms with van der Waals surface area (Å²) in [5.41, 5.74) is 3.35. The van der Waals surface area contributed by atoms with E-state index in [9.17, 15) is 9.59 Å². The third-order valence-electron chi connectivity index (χ3n) is 3.97. The highest BCUT2D eigenvalue weighted by molar-refractivity contribution is 5.96. The van der Waals surface area contributed by atoms with Crippen molar-refractivity contribution in [1.29, 1.82) is 0 Å². The zero-order valence-corrected chi connectivity index (χ0v) is 17.4. The van der Waals surface area contributed by atoms with Crippen molar-refractivity contribution in [3.8, 4) is 23.0 Å². The molecular weight excluding hydrogens is 390 g/mol. The van der Waals surface area contributed by atoms with E-state index in [-0.39, 0.29) is 12.5 Å². The second-order valence-corrected chi connectivity index (χ2v) is 5.88. The number of rotatable bonds is 10. The Labute approximate surface area is 175 Å². The number of benzene rings is 2. The average Bonchev–Trinajstić information content (AvgIpc) is 2.77. The molecule has 30 heavy (non-hydrogen) atoms. The Morgan fingerprint density at radius 1 is 0.967 bits per heavy atom. The van der Waals surface area contributed by atoms with Crippen molar-refractivity contribution in [1.82, 2.24) is 10.7 Å². The number of hydrogen-bond acceptors (Lipinski definition) is 7.